The molecule has 0 amide bonds. The summed E-state index contributed by atoms with van der Waals surface area (Å²) in [5.74, 6) is -0.553. The van der Waals surface area contributed by atoms with Gasteiger partial charge in [-0.15, -0.1) is 0 Å². The molecule has 1 rings (SSSR count). The Bertz CT molecular complexity index is 898. The van der Waals surface area contributed by atoms with E-state index in [4.69, 9.17) is 4.74 Å². The van der Waals surface area contributed by atoms with E-state index in [1.165, 1.54) is 41.0 Å². The molecule has 0 aliphatic carbocycles. The quantitative estimate of drug-likeness (QED) is 0.144. The third-order valence-electron chi connectivity index (χ3n) is 4.90. The van der Waals surface area contributed by atoms with Gasteiger partial charge in [0.25, 0.3) is 5.69 Å². The van der Waals surface area contributed by atoms with E-state index in [2.05, 4.69) is 52.8 Å². The summed E-state index contributed by atoms with van der Waals surface area (Å²) in [7, 11) is 0. The van der Waals surface area contributed by atoms with Crippen molar-refractivity contribution in [3.8, 4) is 0 Å². The summed E-state index contributed by atoms with van der Waals surface area (Å²) < 4.78 is 5.75. The predicted molar refractivity (Wildman–Crippen MR) is 132 cm³/mol. The fraction of sp³-hybridized carbons (Fsp3) is 0.444. The summed E-state index contributed by atoms with van der Waals surface area (Å²) in [5.41, 5.74) is 5.03. The van der Waals surface area contributed by atoms with Crippen molar-refractivity contribution >= 4 is 11.7 Å². The molecule has 1 aromatic rings. The van der Waals surface area contributed by atoms with Crippen LogP contribution in [0.2, 0.25) is 0 Å². The largest absolute Gasteiger partial charge is 0.454 e. The number of non-ortho nitro benzene ring substituents is 1. The molecule has 0 aromatic heterocycles. The number of allylic oxidation sites excluding steroid dienone is 6. The Morgan fingerprint density at radius 1 is 0.969 bits per heavy atom. The average molecular weight is 440 g/mol. The number of hydrogen-bond donors (Lipinski definition) is 0. The molecule has 1 atom stereocenters. The highest BCUT2D eigenvalue weighted by molar-refractivity contribution is 5.90. The first kappa shape index (κ1) is 27.1. The van der Waals surface area contributed by atoms with E-state index in [-0.39, 0.29) is 11.3 Å². The van der Waals surface area contributed by atoms with Crippen LogP contribution in [-0.4, -0.2) is 17.0 Å². The van der Waals surface area contributed by atoms with Gasteiger partial charge >= 0.3 is 5.97 Å². The van der Waals surface area contributed by atoms with Gasteiger partial charge in [-0.25, -0.2) is 4.79 Å². The molecule has 0 saturated carbocycles. The number of carbonyl (C=O) groups is 1. The number of rotatable bonds is 12. The number of benzene rings is 1. The summed E-state index contributed by atoms with van der Waals surface area (Å²) >= 11 is 0. The molecule has 0 fully saturated rings. The van der Waals surface area contributed by atoms with E-state index < -0.39 is 17.0 Å². The molecule has 0 bridgehead atoms. The molecular weight excluding hydrogens is 402 g/mol. The highest BCUT2D eigenvalue weighted by Gasteiger charge is 2.16. The normalized spacial score (nSPS) is 12.7. The molecule has 0 N–H and O–H groups in total. The molecule has 0 aliphatic rings. The molecule has 0 heterocycles. The number of nitrogens with zero attached hydrogens (tertiary/aromatic N) is 1. The first-order valence-electron chi connectivity index (χ1n) is 11.1. The van der Waals surface area contributed by atoms with Gasteiger partial charge in [0, 0.05) is 18.6 Å². The van der Waals surface area contributed by atoms with Crippen molar-refractivity contribution in [2.75, 3.05) is 0 Å². The van der Waals surface area contributed by atoms with Crippen LogP contribution in [0.25, 0.3) is 0 Å². The lowest BCUT2D eigenvalue weighted by molar-refractivity contribution is -0.384. The van der Waals surface area contributed by atoms with Crippen LogP contribution in [0.1, 0.15) is 84.0 Å². The number of hydrogen-bond acceptors (Lipinski definition) is 4. The van der Waals surface area contributed by atoms with Crippen molar-refractivity contribution in [3.63, 3.8) is 0 Å². The van der Waals surface area contributed by atoms with Gasteiger partial charge in [-0.3, -0.25) is 10.1 Å². The molecular formula is C27H37NO4. The Hall–Kier alpha value is -2.95. The summed E-state index contributed by atoms with van der Waals surface area (Å²) in [6, 6.07) is 5.65. The molecule has 32 heavy (non-hydrogen) atoms. The van der Waals surface area contributed by atoms with Gasteiger partial charge in [0.1, 0.15) is 6.10 Å². The Morgan fingerprint density at radius 3 is 2.12 bits per heavy atom. The number of ether oxygens (including phenoxy) is 1. The second kappa shape index (κ2) is 14.2. The van der Waals surface area contributed by atoms with Crippen molar-refractivity contribution in [1.82, 2.24) is 0 Å². The molecule has 174 valence electrons. The van der Waals surface area contributed by atoms with E-state index in [1.54, 1.807) is 0 Å². The minimum Gasteiger partial charge on any atom is -0.454 e. The van der Waals surface area contributed by atoms with Crippen LogP contribution in [-0.2, 0) is 4.74 Å². The molecule has 0 aliphatic heterocycles. The lowest BCUT2D eigenvalue weighted by Gasteiger charge is -2.15. The Morgan fingerprint density at radius 2 is 1.56 bits per heavy atom. The Kier molecular flexibility index (Phi) is 12.0. The molecule has 0 spiro atoms. The van der Waals surface area contributed by atoms with E-state index in [0.717, 1.165) is 31.3 Å². The smallest absolute Gasteiger partial charge is 0.338 e. The van der Waals surface area contributed by atoms with E-state index in [9.17, 15) is 14.9 Å². The third kappa shape index (κ3) is 11.4. The summed E-state index contributed by atoms with van der Waals surface area (Å²) in [5, 5.41) is 11.0. The van der Waals surface area contributed by atoms with Crippen LogP contribution < -0.4 is 0 Å². The molecule has 1 aromatic carbocycles. The molecule has 1 unspecified atom stereocenters. The first-order valence-corrected chi connectivity index (χ1v) is 11.1. The Balaban J connectivity index is 2.96. The zero-order chi connectivity index (χ0) is 24.1. The zero-order valence-corrected chi connectivity index (χ0v) is 20.3. The van der Waals surface area contributed by atoms with Crippen molar-refractivity contribution in [1.29, 1.82) is 0 Å². The maximum atomic E-state index is 12.7. The van der Waals surface area contributed by atoms with E-state index in [1.807, 2.05) is 13.0 Å². The fourth-order valence-electron chi connectivity index (χ4n) is 3.10. The van der Waals surface area contributed by atoms with Crippen LogP contribution in [0.5, 0.6) is 0 Å². The minimum absolute atomic E-state index is 0.126. The second-order valence-corrected chi connectivity index (χ2v) is 8.69. The first-order chi connectivity index (χ1) is 15.1. The predicted octanol–water partition coefficient (Wildman–Crippen LogP) is 7.90. The summed E-state index contributed by atoms with van der Waals surface area (Å²) in [6.45, 7) is 12.5. The van der Waals surface area contributed by atoms with Gasteiger partial charge in [0.2, 0.25) is 0 Å². The molecule has 0 radical (unpaired) electrons. The van der Waals surface area contributed by atoms with Gasteiger partial charge < -0.3 is 4.74 Å². The van der Waals surface area contributed by atoms with Gasteiger partial charge in [-0.1, -0.05) is 46.6 Å². The minimum atomic E-state index is -0.553. The van der Waals surface area contributed by atoms with Crippen LogP contribution in [0.15, 0.2) is 70.9 Å². The maximum absolute atomic E-state index is 12.7. The monoisotopic (exact) mass is 439 g/mol. The highest BCUT2D eigenvalue weighted by atomic mass is 16.6. The maximum Gasteiger partial charge on any atom is 0.338 e. The third-order valence-corrected chi connectivity index (χ3v) is 4.90. The van der Waals surface area contributed by atoms with Crippen LogP contribution >= 0.6 is 0 Å². The second-order valence-electron chi connectivity index (χ2n) is 8.69. The average Bonchev–Trinajstić information content (AvgIpc) is 2.71. The molecule has 5 heteroatoms. The molecule has 5 nitrogen and oxygen atoms in total. The standard InChI is InChI=1S/C27H37NO4/c1-20(2)10-7-12-22(5)16-17-26(18-23(6)13-8-11-21(3)4)32-27(29)24-14-9-15-25(19-24)28(30)31/h9-11,14-16,18-19,26H,7-8,12-13,17H2,1-6H3. The Labute approximate surface area is 192 Å². The van der Waals surface area contributed by atoms with Gasteiger partial charge in [-0.05, 0) is 79.4 Å². The summed E-state index contributed by atoms with van der Waals surface area (Å²) in [4.78, 5) is 23.2. The van der Waals surface area contributed by atoms with Crippen molar-refractivity contribution in [3.05, 3.63) is 86.5 Å². The van der Waals surface area contributed by atoms with Crippen molar-refractivity contribution in [2.24, 2.45) is 0 Å². The zero-order valence-electron chi connectivity index (χ0n) is 20.3. The molecule has 0 saturated heterocycles. The van der Waals surface area contributed by atoms with E-state index in [0.29, 0.717) is 6.42 Å². The van der Waals surface area contributed by atoms with Crippen LogP contribution in [0.4, 0.5) is 5.69 Å². The highest BCUT2D eigenvalue weighted by Crippen LogP contribution is 2.18. The van der Waals surface area contributed by atoms with Crippen molar-refractivity contribution < 1.29 is 14.5 Å². The van der Waals surface area contributed by atoms with Gasteiger partial charge in [-0.2, -0.15) is 0 Å². The fourth-order valence-corrected chi connectivity index (χ4v) is 3.10. The van der Waals surface area contributed by atoms with Gasteiger partial charge in [0.05, 0.1) is 10.5 Å². The number of esters is 1. The van der Waals surface area contributed by atoms with Crippen molar-refractivity contribution in [2.45, 2.75) is 79.8 Å². The van der Waals surface area contributed by atoms with Gasteiger partial charge in [0.15, 0.2) is 0 Å². The van der Waals surface area contributed by atoms with Crippen LogP contribution in [0.3, 0.4) is 0 Å². The lowest BCUT2D eigenvalue weighted by Crippen LogP contribution is -2.16. The number of carbonyl (C=O) groups excluding carboxylic acids is 1. The SMILES string of the molecule is CC(C)=CCCC(C)=CCC(C=C(C)CCC=C(C)C)OC(=O)c1cccc([N+](=O)[O-])c1. The number of nitro benzene ring substituents is 1. The van der Waals surface area contributed by atoms with E-state index >= 15 is 0 Å². The topological polar surface area (TPSA) is 69.4 Å². The lowest BCUT2D eigenvalue weighted by atomic mass is 10.0. The van der Waals surface area contributed by atoms with Crippen LogP contribution in [0, 0.1) is 10.1 Å². The number of nitro groups is 1. The summed E-state index contributed by atoms with van der Waals surface area (Å²) in [6.07, 6.45) is 12.4.